The first-order chi connectivity index (χ1) is 22.7. The summed E-state index contributed by atoms with van der Waals surface area (Å²) in [5.74, 6) is 0.386. The lowest BCUT2D eigenvalue weighted by molar-refractivity contribution is -0.115. The molecule has 3 amide bonds. The first-order valence-electron chi connectivity index (χ1n) is 14.7. The predicted octanol–water partition coefficient (Wildman–Crippen LogP) is 8.45. The molecule has 1 atom stereocenters. The average molecular weight is 666 g/mol. The van der Waals surface area contributed by atoms with E-state index in [9.17, 15) is 14.4 Å². The summed E-state index contributed by atoms with van der Waals surface area (Å²) in [6.45, 7) is 3.67. The second-order valence-corrected chi connectivity index (χ2v) is 12.2. The van der Waals surface area contributed by atoms with Gasteiger partial charge in [-0.15, -0.1) is 11.8 Å². The number of para-hydroxylation sites is 1. The maximum absolute atomic E-state index is 13.5. The molecule has 10 heteroatoms. The zero-order valence-corrected chi connectivity index (χ0v) is 27.4. The fourth-order valence-corrected chi connectivity index (χ4v) is 5.60. The third-order valence-corrected chi connectivity index (χ3v) is 8.66. The number of halogens is 1. The smallest absolute Gasteiger partial charge is 0.272 e. The van der Waals surface area contributed by atoms with Crippen molar-refractivity contribution >= 4 is 58.5 Å². The van der Waals surface area contributed by atoms with Gasteiger partial charge < -0.3 is 25.1 Å². The van der Waals surface area contributed by atoms with E-state index in [4.69, 9.17) is 20.8 Å². The second-order valence-electron chi connectivity index (χ2n) is 10.4. The quantitative estimate of drug-likeness (QED) is 0.0965. The van der Waals surface area contributed by atoms with E-state index in [1.807, 2.05) is 56.3 Å². The highest BCUT2D eigenvalue weighted by Gasteiger charge is 2.19. The van der Waals surface area contributed by atoms with Crippen molar-refractivity contribution in [3.8, 4) is 17.1 Å². The Balaban J connectivity index is 1.30. The summed E-state index contributed by atoms with van der Waals surface area (Å²) < 4.78 is 11.5. The van der Waals surface area contributed by atoms with Gasteiger partial charge in [-0.2, -0.15) is 0 Å². The number of ether oxygens (including phenoxy) is 1. The lowest BCUT2D eigenvalue weighted by Gasteiger charge is -2.15. The van der Waals surface area contributed by atoms with E-state index < -0.39 is 17.1 Å². The summed E-state index contributed by atoms with van der Waals surface area (Å²) in [6, 6.07) is 32.0. The Bertz CT molecular complexity index is 1920. The average Bonchev–Trinajstić information content (AvgIpc) is 3.56. The van der Waals surface area contributed by atoms with Crippen molar-refractivity contribution in [1.82, 2.24) is 5.32 Å². The molecule has 1 aromatic heterocycles. The summed E-state index contributed by atoms with van der Waals surface area (Å²) >= 11 is 7.56. The van der Waals surface area contributed by atoms with Gasteiger partial charge in [-0.05, 0) is 92.2 Å². The van der Waals surface area contributed by atoms with Gasteiger partial charge in [0.05, 0.1) is 17.9 Å². The number of furan rings is 1. The predicted molar refractivity (Wildman–Crippen MR) is 188 cm³/mol. The zero-order chi connectivity index (χ0) is 33.3. The maximum Gasteiger partial charge on any atom is 0.272 e. The number of amides is 3. The fourth-order valence-electron chi connectivity index (χ4n) is 4.56. The van der Waals surface area contributed by atoms with E-state index in [2.05, 4.69) is 16.0 Å². The summed E-state index contributed by atoms with van der Waals surface area (Å²) in [5.41, 5.74) is 3.10. The number of rotatable bonds is 11. The lowest BCUT2D eigenvalue weighted by Crippen LogP contribution is -2.30. The van der Waals surface area contributed by atoms with Crippen molar-refractivity contribution in [3.63, 3.8) is 0 Å². The van der Waals surface area contributed by atoms with Gasteiger partial charge in [-0.1, -0.05) is 48.0 Å². The molecule has 0 unspecified atom stereocenters. The summed E-state index contributed by atoms with van der Waals surface area (Å²) in [5, 5.41) is 8.67. The molecule has 0 fully saturated rings. The molecular formula is C37H32ClN3O5S. The maximum atomic E-state index is 13.5. The summed E-state index contributed by atoms with van der Waals surface area (Å²) in [7, 11) is 1.58. The molecular weight excluding hydrogens is 634 g/mol. The Morgan fingerprint density at radius 3 is 2.32 bits per heavy atom. The SMILES string of the molecule is COc1ccccc1-c1ccc(/C=C(\NC(=O)c2ccccc2)C(=O)Nc2ccc(S[C@@H](C)C(=O)Nc3cccc(Cl)c3C)cc2)o1. The Labute approximate surface area is 282 Å². The molecule has 5 rings (SSSR count). The van der Waals surface area contributed by atoms with Crippen molar-refractivity contribution < 1.29 is 23.5 Å². The molecule has 0 saturated heterocycles. The van der Waals surface area contributed by atoms with Crippen LogP contribution in [0.15, 0.2) is 124 Å². The number of nitrogens with one attached hydrogen (secondary N) is 3. The van der Waals surface area contributed by atoms with Gasteiger partial charge >= 0.3 is 0 Å². The Hall–Kier alpha value is -5.25. The lowest BCUT2D eigenvalue weighted by atomic mass is 10.1. The number of hydrogen-bond donors (Lipinski definition) is 3. The van der Waals surface area contributed by atoms with Gasteiger partial charge in [0.2, 0.25) is 5.91 Å². The van der Waals surface area contributed by atoms with Gasteiger partial charge in [-0.3, -0.25) is 14.4 Å². The number of thioether (sulfide) groups is 1. The van der Waals surface area contributed by atoms with Crippen LogP contribution in [0.4, 0.5) is 11.4 Å². The highest BCUT2D eigenvalue weighted by Crippen LogP contribution is 2.32. The minimum atomic E-state index is -0.547. The van der Waals surface area contributed by atoms with Crippen molar-refractivity contribution in [2.24, 2.45) is 0 Å². The molecule has 238 valence electrons. The molecule has 0 aliphatic rings. The molecule has 0 bridgehead atoms. The molecule has 0 saturated carbocycles. The normalized spacial score (nSPS) is 11.8. The Morgan fingerprint density at radius 1 is 0.851 bits per heavy atom. The zero-order valence-electron chi connectivity index (χ0n) is 25.9. The molecule has 5 aromatic rings. The number of hydrogen-bond acceptors (Lipinski definition) is 6. The van der Waals surface area contributed by atoms with E-state index in [0.717, 1.165) is 16.0 Å². The van der Waals surface area contributed by atoms with Crippen molar-refractivity contribution in [1.29, 1.82) is 0 Å². The van der Waals surface area contributed by atoms with Crippen molar-refractivity contribution in [3.05, 3.63) is 137 Å². The molecule has 8 nitrogen and oxygen atoms in total. The van der Waals surface area contributed by atoms with Crippen LogP contribution in [0.1, 0.15) is 28.6 Å². The van der Waals surface area contributed by atoms with Crippen LogP contribution in [0.3, 0.4) is 0 Å². The van der Waals surface area contributed by atoms with Gasteiger partial charge in [0.1, 0.15) is 23.0 Å². The van der Waals surface area contributed by atoms with Gasteiger partial charge in [-0.25, -0.2) is 0 Å². The molecule has 4 aromatic carbocycles. The molecule has 3 N–H and O–H groups in total. The van der Waals surface area contributed by atoms with Gasteiger partial charge in [0.15, 0.2) is 0 Å². The fraction of sp³-hybridized carbons (Fsp3) is 0.108. The van der Waals surface area contributed by atoms with Crippen molar-refractivity contribution in [2.45, 2.75) is 24.0 Å². The monoisotopic (exact) mass is 665 g/mol. The summed E-state index contributed by atoms with van der Waals surface area (Å²) in [4.78, 5) is 40.2. The van der Waals surface area contributed by atoms with E-state index >= 15 is 0 Å². The Kier molecular flexibility index (Phi) is 10.8. The number of anilines is 2. The topological polar surface area (TPSA) is 110 Å². The molecule has 0 aliphatic carbocycles. The van der Waals surface area contributed by atoms with Crippen molar-refractivity contribution in [2.75, 3.05) is 17.7 Å². The minimum Gasteiger partial charge on any atom is -0.496 e. The van der Waals surface area contributed by atoms with Gasteiger partial charge in [0.25, 0.3) is 11.8 Å². The standard InChI is InChI=1S/C37H32ClN3O5S/c1-23-30(38)13-9-14-31(23)40-35(42)24(2)47-28-19-16-26(17-20-28)39-37(44)32(41-36(43)25-10-5-4-6-11-25)22-27-18-21-34(46-27)29-12-7-8-15-33(29)45-3/h4-22,24H,1-3H3,(H,39,44)(H,40,42)(H,41,43)/b32-22-/t24-/m0/s1. The minimum absolute atomic E-state index is 0.0140. The molecule has 0 spiro atoms. The van der Waals surface area contributed by atoms with Gasteiger partial charge in [0, 0.05) is 32.9 Å². The molecule has 1 heterocycles. The third kappa shape index (κ3) is 8.52. The van der Waals surface area contributed by atoms with Crippen LogP contribution in [0.2, 0.25) is 5.02 Å². The van der Waals surface area contributed by atoms with Crippen LogP contribution in [0, 0.1) is 6.92 Å². The number of methoxy groups -OCH3 is 1. The van der Waals surface area contributed by atoms with Crippen LogP contribution in [0.5, 0.6) is 5.75 Å². The van der Waals surface area contributed by atoms with E-state index in [1.54, 1.807) is 73.8 Å². The molecule has 47 heavy (non-hydrogen) atoms. The van der Waals surface area contributed by atoms with Crippen LogP contribution in [-0.2, 0) is 9.59 Å². The number of carbonyl (C=O) groups excluding carboxylic acids is 3. The largest absolute Gasteiger partial charge is 0.496 e. The van der Waals surface area contributed by atoms with Crippen LogP contribution < -0.4 is 20.7 Å². The molecule has 0 radical (unpaired) electrons. The van der Waals surface area contributed by atoms with E-state index in [-0.39, 0.29) is 11.6 Å². The first kappa shape index (κ1) is 33.1. The highest BCUT2D eigenvalue weighted by molar-refractivity contribution is 8.00. The summed E-state index contributed by atoms with van der Waals surface area (Å²) in [6.07, 6.45) is 1.47. The highest BCUT2D eigenvalue weighted by atomic mass is 35.5. The van der Waals surface area contributed by atoms with Crippen LogP contribution in [0.25, 0.3) is 17.4 Å². The third-order valence-electron chi connectivity index (χ3n) is 7.13. The van der Waals surface area contributed by atoms with Crippen LogP contribution in [-0.4, -0.2) is 30.1 Å². The first-order valence-corrected chi connectivity index (χ1v) is 15.9. The number of benzene rings is 4. The van der Waals surface area contributed by atoms with E-state index in [1.165, 1.54) is 17.8 Å². The molecule has 0 aliphatic heterocycles. The number of carbonyl (C=O) groups is 3. The Morgan fingerprint density at radius 2 is 1.57 bits per heavy atom. The van der Waals surface area contributed by atoms with Crippen LogP contribution >= 0.6 is 23.4 Å². The second kappa shape index (κ2) is 15.4. The van der Waals surface area contributed by atoms with E-state index in [0.29, 0.717) is 39.2 Å².